The summed E-state index contributed by atoms with van der Waals surface area (Å²) in [5.74, 6) is 2.28. The molecular weight excluding hydrogens is 326 g/mol. The molecule has 0 fully saturated rings. The number of hydrogen-bond acceptors (Lipinski definition) is 3. The first kappa shape index (κ1) is 16.0. The number of halogens is 1. The number of rotatable bonds is 5. The molecule has 0 aliphatic carbocycles. The average molecular weight is 348 g/mol. The van der Waals surface area contributed by atoms with Gasteiger partial charge in [0.1, 0.15) is 5.82 Å². The van der Waals surface area contributed by atoms with Gasteiger partial charge in [-0.05, 0) is 40.3 Å². The second-order valence-electron chi connectivity index (χ2n) is 5.55. The van der Waals surface area contributed by atoms with Crippen LogP contribution in [-0.4, -0.2) is 17.0 Å². The summed E-state index contributed by atoms with van der Waals surface area (Å²) in [6.45, 7) is 6.57. The van der Waals surface area contributed by atoms with Crippen molar-refractivity contribution in [2.45, 2.75) is 33.6 Å². The number of nitrogens with zero attached hydrogens (tertiary/aromatic N) is 2. The first-order valence-electron chi connectivity index (χ1n) is 7.38. The van der Waals surface area contributed by atoms with Crippen LogP contribution in [0.15, 0.2) is 28.7 Å². The van der Waals surface area contributed by atoms with Gasteiger partial charge in [0.15, 0.2) is 5.82 Å². The van der Waals surface area contributed by atoms with Crippen molar-refractivity contribution in [2.75, 3.05) is 12.4 Å². The second kappa shape index (κ2) is 7.03. The minimum Gasteiger partial charge on any atom is -0.372 e. The lowest BCUT2D eigenvalue weighted by atomic mass is 10.0. The van der Waals surface area contributed by atoms with E-state index in [0.29, 0.717) is 5.92 Å². The molecule has 0 spiro atoms. The van der Waals surface area contributed by atoms with Gasteiger partial charge in [0.05, 0.1) is 10.2 Å². The predicted octanol–water partition coefficient (Wildman–Crippen LogP) is 4.71. The standard InChI is InChI=1S/C17H22BrN3/c1-5-14-15(18)17(19-4)21-16(20-14)13-8-6-12(7-9-13)10-11(2)3/h6-9,11H,5,10H2,1-4H3,(H,19,20,21). The predicted molar refractivity (Wildman–Crippen MR) is 92.6 cm³/mol. The van der Waals surface area contributed by atoms with Crippen LogP contribution in [0.4, 0.5) is 5.82 Å². The highest BCUT2D eigenvalue weighted by Crippen LogP contribution is 2.27. The van der Waals surface area contributed by atoms with Gasteiger partial charge in [-0.2, -0.15) is 0 Å². The zero-order chi connectivity index (χ0) is 15.4. The maximum atomic E-state index is 4.66. The summed E-state index contributed by atoms with van der Waals surface area (Å²) in [6.07, 6.45) is 1.97. The van der Waals surface area contributed by atoms with E-state index in [9.17, 15) is 0 Å². The van der Waals surface area contributed by atoms with Crippen LogP contribution in [0.2, 0.25) is 0 Å². The van der Waals surface area contributed by atoms with Gasteiger partial charge in [-0.3, -0.25) is 0 Å². The Morgan fingerprint density at radius 3 is 2.33 bits per heavy atom. The van der Waals surface area contributed by atoms with Gasteiger partial charge in [-0.25, -0.2) is 9.97 Å². The average Bonchev–Trinajstić information content (AvgIpc) is 2.48. The van der Waals surface area contributed by atoms with Gasteiger partial charge in [0.2, 0.25) is 0 Å². The lowest BCUT2D eigenvalue weighted by molar-refractivity contribution is 0.647. The Morgan fingerprint density at radius 1 is 1.14 bits per heavy atom. The fourth-order valence-corrected chi connectivity index (χ4v) is 2.94. The van der Waals surface area contributed by atoms with Crippen molar-refractivity contribution in [1.82, 2.24) is 9.97 Å². The third kappa shape index (κ3) is 3.82. The molecule has 0 unspecified atom stereocenters. The summed E-state index contributed by atoms with van der Waals surface area (Å²) in [5.41, 5.74) is 3.44. The van der Waals surface area contributed by atoms with Crippen molar-refractivity contribution < 1.29 is 0 Å². The topological polar surface area (TPSA) is 37.8 Å². The summed E-state index contributed by atoms with van der Waals surface area (Å²) in [6, 6.07) is 8.57. The van der Waals surface area contributed by atoms with Crippen LogP contribution in [0, 0.1) is 5.92 Å². The molecule has 1 N–H and O–H groups in total. The number of aryl methyl sites for hydroxylation is 1. The van der Waals surface area contributed by atoms with E-state index < -0.39 is 0 Å². The highest BCUT2D eigenvalue weighted by molar-refractivity contribution is 9.10. The summed E-state index contributed by atoms with van der Waals surface area (Å²) in [7, 11) is 1.88. The van der Waals surface area contributed by atoms with Crippen LogP contribution in [0.5, 0.6) is 0 Å². The normalized spacial score (nSPS) is 11.0. The van der Waals surface area contributed by atoms with Crippen LogP contribution >= 0.6 is 15.9 Å². The zero-order valence-corrected chi connectivity index (χ0v) is 14.7. The lowest BCUT2D eigenvalue weighted by Gasteiger charge is -2.11. The fourth-order valence-electron chi connectivity index (χ4n) is 2.28. The molecule has 0 aliphatic heterocycles. The Labute approximate surface area is 135 Å². The molecule has 0 amide bonds. The van der Waals surface area contributed by atoms with E-state index in [1.807, 2.05) is 7.05 Å². The SMILES string of the molecule is CCc1nc(-c2ccc(CC(C)C)cc2)nc(NC)c1Br. The number of benzene rings is 1. The van der Waals surface area contributed by atoms with Crippen LogP contribution in [0.3, 0.4) is 0 Å². The first-order valence-corrected chi connectivity index (χ1v) is 8.17. The Kier molecular flexibility index (Phi) is 5.34. The highest BCUT2D eigenvalue weighted by atomic mass is 79.9. The molecule has 21 heavy (non-hydrogen) atoms. The third-order valence-corrected chi connectivity index (χ3v) is 4.18. The van der Waals surface area contributed by atoms with E-state index in [4.69, 9.17) is 0 Å². The summed E-state index contributed by atoms with van der Waals surface area (Å²) >= 11 is 3.56. The van der Waals surface area contributed by atoms with Crippen LogP contribution in [-0.2, 0) is 12.8 Å². The van der Waals surface area contributed by atoms with Gasteiger partial charge in [-0.1, -0.05) is 45.0 Å². The van der Waals surface area contributed by atoms with E-state index in [1.54, 1.807) is 0 Å². The molecule has 0 bridgehead atoms. The molecule has 1 heterocycles. The quantitative estimate of drug-likeness (QED) is 0.850. The van der Waals surface area contributed by atoms with Crippen molar-refractivity contribution in [3.05, 3.63) is 40.0 Å². The van der Waals surface area contributed by atoms with Crippen LogP contribution < -0.4 is 5.32 Å². The second-order valence-corrected chi connectivity index (χ2v) is 6.35. The van der Waals surface area contributed by atoms with E-state index in [0.717, 1.165) is 40.2 Å². The molecule has 3 nitrogen and oxygen atoms in total. The fraction of sp³-hybridized carbons (Fsp3) is 0.412. The number of anilines is 1. The van der Waals surface area contributed by atoms with E-state index in [-0.39, 0.29) is 0 Å². The maximum absolute atomic E-state index is 4.66. The molecule has 0 atom stereocenters. The molecule has 1 aromatic carbocycles. The maximum Gasteiger partial charge on any atom is 0.161 e. The molecule has 0 saturated carbocycles. The highest BCUT2D eigenvalue weighted by Gasteiger charge is 2.11. The molecule has 0 radical (unpaired) electrons. The van der Waals surface area contributed by atoms with E-state index >= 15 is 0 Å². The Hall–Kier alpha value is -1.42. The molecule has 112 valence electrons. The number of hydrogen-bond donors (Lipinski definition) is 1. The molecule has 0 aliphatic rings. The minimum absolute atomic E-state index is 0.669. The van der Waals surface area contributed by atoms with Gasteiger partial charge >= 0.3 is 0 Å². The smallest absolute Gasteiger partial charge is 0.161 e. The summed E-state index contributed by atoms with van der Waals surface area (Å²) < 4.78 is 0.952. The first-order chi connectivity index (χ1) is 10.0. The minimum atomic E-state index is 0.669. The summed E-state index contributed by atoms with van der Waals surface area (Å²) in [5, 5.41) is 3.12. The molecule has 1 aromatic heterocycles. The zero-order valence-electron chi connectivity index (χ0n) is 13.1. The Bertz CT molecular complexity index is 581. The van der Waals surface area contributed by atoms with Gasteiger partial charge in [0.25, 0.3) is 0 Å². The van der Waals surface area contributed by atoms with Crippen LogP contribution in [0.25, 0.3) is 11.4 Å². The Balaban J connectivity index is 2.37. The Morgan fingerprint density at radius 2 is 1.81 bits per heavy atom. The molecule has 0 saturated heterocycles. The van der Waals surface area contributed by atoms with Crippen molar-refractivity contribution in [2.24, 2.45) is 5.92 Å². The lowest BCUT2D eigenvalue weighted by Crippen LogP contribution is -2.03. The van der Waals surface area contributed by atoms with Crippen molar-refractivity contribution in [3.63, 3.8) is 0 Å². The molecule has 2 rings (SSSR count). The van der Waals surface area contributed by atoms with E-state index in [1.165, 1.54) is 5.56 Å². The van der Waals surface area contributed by atoms with Gasteiger partial charge < -0.3 is 5.32 Å². The molecular formula is C17H22BrN3. The largest absolute Gasteiger partial charge is 0.372 e. The molecule has 4 heteroatoms. The number of aromatic nitrogens is 2. The van der Waals surface area contributed by atoms with Crippen LogP contribution in [0.1, 0.15) is 32.0 Å². The van der Waals surface area contributed by atoms with Crippen molar-refractivity contribution in [3.8, 4) is 11.4 Å². The molecule has 2 aromatic rings. The summed E-state index contributed by atoms with van der Waals surface area (Å²) in [4.78, 5) is 9.25. The van der Waals surface area contributed by atoms with Crippen molar-refractivity contribution >= 4 is 21.7 Å². The van der Waals surface area contributed by atoms with E-state index in [2.05, 4.69) is 76.3 Å². The third-order valence-electron chi connectivity index (χ3n) is 3.35. The van der Waals surface area contributed by atoms with Crippen molar-refractivity contribution in [1.29, 1.82) is 0 Å². The monoisotopic (exact) mass is 347 g/mol. The number of nitrogens with one attached hydrogen (secondary N) is 1. The van der Waals surface area contributed by atoms with Gasteiger partial charge in [-0.15, -0.1) is 0 Å². The van der Waals surface area contributed by atoms with Gasteiger partial charge in [0, 0.05) is 12.6 Å².